The van der Waals surface area contributed by atoms with E-state index in [1.54, 1.807) is 18.2 Å². The van der Waals surface area contributed by atoms with E-state index in [1.807, 2.05) is 39.8 Å². The highest BCUT2D eigenvalue weighted by molar-refractivity contribution is 7.89. The van der Waals surface area contributed by atoms with Gasteiger partial charge in [0.15, 0.2) is 0 Å². The molecule has 0 aliphatic heterocycles. The maximum atomic E-state index is 12.3. The topological polar surface area (TPSA) is 69.6 Å². The van der Waals surface area contributed by atoms with Crippen molar-refractivity contribution in [2.75, 3.05) is 25.5 Å². The second-order valence-corrected chi connectivity index (χ2v) is 7.74. The zero-order valence-corrected chi connectivity index (χ0v) is 14.2. The van der Waals surface area contributed by atoms with E-state index >= 15 is 0 Å². The second-order valence-electron chi connectivity index (χ2n) is 5.98. The Balaban J connectivity index is 2.86. The fraction of sp³-hybridized carbons (Fsp3) is 0.600. The van der Waals surface area contributed by atoms with Gasteiger partial charge < -0.3 is 10.0 Å². The molecule has 1 unspecified atom stereocenters. The van der Waals surface area contributed by atoms with Gasteiger partial charge in [-0.2, -0.15) is 0 Å². The van der Waals surface area contributed by atoms with Crippen molar-refractivity contribution in [1.29, 1.82) is 0 Å². The molecule has 0 spiro atoms. The lowest BCUT2D eigenvalue weighted by molar-refractivity contribution is 0.152. The smallest absolute Gasteiger partial charge is 0.240 e. The minimum atomic E-state index is -3.60. The van der Waals surface area contributed by atoms with E-state index in [0.29, 0.717) is 12.3 Å². The molecule has 0 bridgehead atoms. The second kappa shape index (κ2) is 7.24. The van der Waals surface area contributed by atoms with Crippen LogP contribution in [0.25, 0.3) is 0 Å². The van der Waals surface area contributed by atoms with Crippen LogP contribution in [0.2, 0.25) is 0 Å². The minimum Gasteiger partial charge on any atom is -0.392 e. The standard InChI is InChI=1S/C15H26N2O3S/c1-11(2)8-13(18)10-16-21(19,20)14-7-6-12(3)15(9-14)17(4)5/h6-7,9,11,13,16,18H,8,10H2,1-5H3. The van der Waals surface area contributed by atoms with Crippen LogP contribution in [-0.4, -0.2) is 40.3 Å². The first-order valence-electron chi connectivity index (χ1n) is 7.09. The molecule has 6 heteroatoms. The lowest BCUT2D eigenvalue weighted by Gasteiger charge is -2.18. The summed E-state index contributed by atoms with van der Waals surface area (Å²) in [6, 6.07) is 5.01. The largest absolute Gasteiger partial charge is 0.392 e. The first-order valence-corrected chi connectivity index (χ1v) is 8.57. The highest BCUT2D eigenvalue weighted by atomic mass is 32.2. The summed E-state index contributed by atoms with van der Waals surface area (Å²) in [4.78, 5) is 2.09. The molecular formula is C15H26N2O3S. The van der Waals surface area contributed by atoms with Gasteiger partial charge in [-0.1, -0.05) is 19.9 Å². The lowest BCUT2D eigenvalue weighted by Crippen LogP contribution is -2.33. The molecule has 0 heterocycles. The van der Waals surface area contributed by atoms with Gasteiger partial charge in [-0.3, -0.25) is 0 Å². The van der Waals surface area contributed by atoms with Gasteiger partial charge in [0.1, 0.15) is 0 Å². The summed E-state index contributed by atoms with van der Waals surface area (Å²) in [6.45, 7) is 5.94. The number of rotatable bonds is 7. The van der Waals surface area contributed by atoms with Crippen LogP contribution in [0.3, 0.4) is 0 Å². The summed E-state index contributed by atoms with van der Waals surface area (Å²) in [7, 11) is 0.147. The van der Waals surface area contributed by atoms with Gasteiger partial charge in [-0.05, 0) is 37.0 Å². The molecule has 0 aliphatic carbocycles. The van der Waals surface area contributed by atoms with Crippen LogP contribution in [-0.2, 0) is 10.0 Å². The average Bonchev–Trinajstić information content (AvgIpc) is 2.35. The summed E-state index contributed by atoms with van der Waals surface area (Å²) in [5, 5.41) is 9.78. The van der Waals surface area contributed by atoms with Gasteiger partial charge >= 0.3 is 0 Å². The molecule has 0 aliphatic rings. The minimum absolute atomic E-state index is 0.0334. The van der Waals surface area contributed by atoms with Crippen molar-refractivity contribution in [2.24, 2.45) is 5.92 Å². The molecule has 21 heavy (non-hydrogen) atoms. The average molecular weight is 314 g/mol. The maximum Gasteiger partial charge on any atom is 0.240 e. The Morgan fingerprint density at radius 2 is 1.90 bits per heavy atom. The molecule has 0 amide bonds. The van der Waals surface area contributed by atoms with Crippen molar-refractivity contribution in [3.63, 3.8) is 0 Å². The van der Waals surface area contributed by atoms with Crippen LogP contribution in [0.15, 0.2) is 23.1 Å². The molecule has 120 valence electrons. The highest BCUT2D eigenvalue weighted by Gasteiger charge is 2.18. The molecule has 0 fully saturated rings. The van der Waals surface area contributed by atoms with Crippen LogP contribution in [0.4, 0.5) is 5.69 Å². The first kappa shape index (κ1) is 17.9. The summed E-state index contributed by atoms with van der Waals surface area (Å²) in [6.07, 6.45) is -0.0992. The van der Waals surface area contributed by atoms with Crippen LogP contribution in [0.1, 0.15) is 25.8 Å². The number of aryl methyl sites for hydroxylation is 1. The Kier molecular flexibility index (Phi) is 6.19. The van der Waals surface area contributed by atoms with Crippen LogP contribution in [0.5, 0.6) is 0 Å². The number of aliphatic hydroxyl groups excluding tert-OH is 1. The number of sulfonamides is 1. The van der Waals surface area contributed by atoms with Crippen molar-refractivity contribution in [1.82, 2.24) is 4.72 Å². The third-order valence-electron chi connectivity index (χ3n) is 3.23. The van der Waals surface area contributed by atoms with Crippen molar-refractivity contribution >= 4 is 15.7 Å². The molecule has 0 radical (unpaired) electrons. The zero-order valence-electron chi connectivity index (χ0n) is 13.4. The van der Waals surface area contributed by atoms with E-state index in [4.69, 9.17) is 0 Å². The number of nitrogens with one attached hydrogen (secondary N) is 1. The van der Waals surface area contributed by atoms with E-state index in [9.17, 15) is 13.5 Å². The Morgan fingerprint density at radius 3 is 2.43 bits per heavy atom. The molecule has 1 aromatic carbocycles. The fourth-order valence-electron chi connectivity index (χ4n) is 2.15. The number of anilines is 1. The molecule has 2 N–H and O–H groups in total. The molecular weight excluding hydrogens is 288 g/mol. The number of hydrogen-bond donors (Lipinski definition) is 2. The third kappa shape index (κ3) is 5.30. The first-order chi connectivity index (χ1) is 9.63. The van der Waals surface area contributed by atoms with Gasteiger partial charge in [0.2, 0.25) is 10.0 Å². The summed E-state index contributed by atoms with van der Waals surface area (Å²) in [5.41, 5.74) is 1.87. The Bertz CT molecular complexity index is 568. The van der Waals surface area contributed by atoms with Gasteiger partial charge in [-0.15, -0.1) is 0 Å². The van der Waals surface area contributed by atoms with Crippen molar-refractivity contribution < 1.29 is 13.5 Å². The van der Waals surface area contributed by atoms with E-state index in [-0.39, 0.29) is 11.4 Å². The summed E-state index contributed by atoms with van der Waals surface area (Å²) < 4.78 is 27.0. The number of hydrogen-bond acceptors (Lipinski definition) is 4. The van der Waals surface area contributed by atoms with E-state index in [2.05, 4.69) is 4.72 Å². The number of nitrogens with zero attached hydrogens (tertiary/aromatic N) is 1. The number of aliphatic hydroxyl groups is 1. The van der Waals surface area contributed by atoms with Crippen LogP contribution < -0.4 is 9.62 Å². The Labute approximate surface area is 128 Å². The molecule has 0 saturated heterocycles. The van der Waals surface area contributed by atoms with E-state index in [1.165, 1.54) is 0 Å². The highest BCUT2D eigenvalue weighted by Crippen LogP contribution is 2.22. The summed E-state index contributed by atoms with van der Waals surface area (Å²) >= 11 is 0. The van der Waals surface area contributed by atoms with Gasteiger partial charge in [0.25, 0.3) is 0 Å². The van der Waals surface area contributed by atoms with Crippen molar-refractivity contribution in [2.45, 2.75) is 38.2 Å². The van der Waals surface area contributed by atoms with E-state index < -0.39 is 16.1 Å². The van der Waals surface area contributed by atoms with Gasteiger partial charge in [0.05, 0.1) is 11.0 Å². The Morgan fingerprint density at radius 1 is 1.29 bits per heavy atom. The molecule has 1 atom stereocenters. The lowest BCUT2D eigenvalue weighted by atomic mass is 10.1. The van der Waals surface area contributed by atoms with E-state index in [0.717, 1.165) is 11.3 Å². The monoisotopic (exact) mass is 314 g/mol. The molecule has 1 rings (SSSR count). The van der Waals surface area contributed by atoms with Crippen LogP contribution in [0, 0.1) is 12.8 Å². The van der Waals surface area contributed by atoms with Crippen molar-refractivity contribution in [3.05, 3.63) is 23.8 Å². The third-order valence-corrected chi connectivity index (χ3v) is 4.65. The number of benzene rings is 1. The zero-order chi connectivity index (χ0) is 16.2. The predicted octanol–water partition coefficient (Wildman–Crippen LogP) is 1.75. The molecule has 0 saturated carbocycles. The molecule has 0 aromatic heterocycles. The normalized spacial score (nSPS) is 13.5. The maximum absolute atomic E-state index is 12.3. The predicted molar refractivity (Wildman–Crippen MR) is 86.2 cm³/mol. The van der Waals surface area contributed by atoms with Gasteiger partial charge in [-0.25, -0.2) is 13.1 Å². The SMILES string of the molecule is Cc1ccc(S(=O)(=O)NCC(O)CC(C)C)cc1N(C)C. The summed E-state index contributed by atoms with van der Waals surface area (Å²) in [5.74, 6) is 0.323. The van der Waals surface area contributed by atoms with Crippen molar-refractivity contribution in [3.8, 4) is 0 Å². The molecule has 1 aromatic rings. The quantitative estimate of drug-likeness (QED) is 0.804. The Hall–Kier alpha value is -1.11. The van der Waals surface area contributed by atoms with Gasteiger partial charge in [0, 0.05) is 26.3 Å². The fourth-order valence-corrected chi connectivity index (χ4v) is 3.25. The van der Waals surface area contributed by atoms with Crippen LogP contribution >= 0.6 is 0 Å². The molecule has 5 nitrogen and oxygen atoms in total.